The summed E-state index contributed by atoms with van der Waals surface area (Å²) >= 11 is 0. The summed E-state index contributed by atoms with van der Waals surface area (Å²) < 4.78 is 16.1. The van der Waals surface area contributed by atoms with Gasteiger partial charge < -0.3 is 23.9 Å². The Morgan fingerprint density at radius 3 is 2.52 bits per heavy atom. The molecule has 0 saturated carbocycles. The number of amides is 1. The van der Waals surface area contributed by atoms with Gasteiger partial charge in [0.2, 0.25) is 0 Å². The van der Waals surface area contributed by atoms with Crippen molar-refractivity contribution in [2.75, 3.05) is 27.4 Å². The van der Waals surface area contributed by atoms with Crippen molar-refractivity contribution >= 4 is 17.4 Å². The molecule has 166 valence electrons. The molecule has 31 heavy (non-hydrogen) atoms. The number of aliphatic hydroxyl groups is 1. The van der Waals surface area contributed by atoms with Gasteiger partial charge in [-0.05, 0) is 41.7 Å². The first-order valence-corrected chi connectivity index (χ1v) is 10.2. The number of methoxy groups -OCH3 is 2. The van der Waals surface area contributed by atoms with Crippen LogP contribution in [0, 0.1) is 0 Å². The lowest BCUT2D eigenvalue weighted by atomic mass is 9.85. The topological polar surface area (TPSA) is 89.2 Å². The number of ether oxygens (including phenoxy) is 2. The highest BCUT2D eigenvalue weighted by molar-refractivity contribution is 6.46. The van der Waals surface area contributed by atoms with Gasteiger partial charge in [0.1, 0.15) is 23.3 Å². The van der Waals surface area contributed by atoms with E-state index in [4.69, 9.17) is 13.9 Å². The highest BCUT2D eigenvalue weighted by Crippen LogP contribution is 2.42. The summed E-state index contributed by atoms with van der Waals surface area (Å²) in [6, 6.07) is 8.03. The van der Waals surface area contributed by atoms with E-state index in [1.165, 1.54) is 18.3 Å². The molecule has 2 aromatic rings. The summed E-state index contributed by atoms with van der Waals surface area (Å²) in [5, 5.41) is 11.3. The van der Waals surface area contributed by atoms with Crippen molar-refractivity contribution in [1.29, 1.82) is 0 Å². The first-order valence-electron chi connectivity index (χ1n) is 10.2. The average Bonchev–Trinajstić information content (AvgIpc) is 3.34. The first-order chi connectivity index (χ1) is 14.7. The molecule has 1 unspecified atom stereocenters. The summed E-state index contributed by atoms with van der Waals surface area (Å²) in [5.74, 6) is -0.889. The molecule has 7 nitrogen and oxygen atoms in total. The number of hydrogen-bond acceptors (Lipinski definition) is 6. The number of Topliss-reactive ketones (excluding diaryl/α,β-unsaturated/α-hetero) is 1. The monoisotopic (exact) mass is 427 g/mol. The maximum atomic E-state index is 13.0. The molecular weight excluding hydrogens is 398 g/mol. The fraction of sp³-hybridized carbons (Fsp3) is 0.417. The molecule has 7 heteroatoms. The van der Waals surface area contributed by atoms with Crippen molar-refractivity contribution in [3.05, 3.63) is 59.1 Å². The Kier molecular flexibility index (Phi) is 6.55. The number of likely N-dealkylation sites (tertiary alicyclic amines) is 1. The molecule has 0 radical (unpaired) electrons. The lowest BCUT2D eigenvalue weighted by Crippen LogP contribution is -2.31. The number of carbonyl (C=O) groups excluding carboxylic acids is 2. The number of ketones is 1. The number of nitrogens with zero attached hydrogens (tertiary/aromatic N) is 1. The van der Waals surface area contributed by atoms with Crippen molar-refractivity contribution in [2.24, 2.45) is 0 Å². The van der Waals surface area contributed by atoms with Crippen LogP contribution in [0.2, 0.25) is 0 Å². The third kappa shape index (κ3) is 4.37. The number of carbonyl (C=O) groups is 2. The molecule has 1 aromatic heterocycles. The highest BCUT2D eigenvalue weighted by Gasteiger charge is 2.47. The summed E-state index contributed by atoms with van der Waals surface area (Å²) in [6.07, 6.45) is 2.02. The Hall–Kier alpha value is -3.06. The minimum atomic E-state index is -0.824. The van der Waals surface area contributed by atoms with Gasteiger partial charge >= 0.3 is 0 Å². The molecule has 1 aromatic carbocycles. The summed E-state index contributed by atoms with van der Waals surface area (Å²) in [5.41, 5.74) is 1.12. The van der Waals surface area contributed by atoms with Crippen molar-refractivity contribution in [2.45, 2.75) is 38.6 Å². The van der Waals surface area contributed by atoms with Crippen molar-refractivity contribution in [3.8, 4) is 5.75 Å². The van der Waals surface area contributed by atoms with Crippen LogP contribution in [0.5, 0.6) is 5.75 Å². The Morgan fingerprint density at radius 2 is 1.94 bits per heavy atom. The summed E-state index contributed by atoms with van der Waals surface area (Å²) in [6.45, 7) is 6.89. The van der Waals surface area contributed by atoms with Gasteiger partial charge in [-0.3, -0.25) is 9.59 Å². The van der Waals surface area contributed by atoms with E-state index < -0.39 is 17.7 Å². The van der Waals surface area contributed by atoms with Crippen LogP contribution in [0.4, 0.5) is 0 Å². The van der Waals surface area contributed by atoms with E-state index in [-0.39, 0.29) is 16.7 Å². The van der Waals surface area contributed by atoms with E-state index in [1.807, 2.05) is 6.07 Å². The van der Waals surface area contributed by atoms with Crippen molar-refractivity contribution in [1.82, 2.24) is 4.90 Å². The predicted molar refractivity (Wildman–Crippen MR) is 116 cm³/mol. The minimum absolute atomic E-state index is 0.0123. The van der Waals surface area contributed by atoms with Crippen LogP contribution in [0.1, 0.15) is 50.1 Å². The number of furan rings is 1. The molecule has 3 rings (SSSR count). The maximum absolute atomic E-state index is 13.0. The van der Waals surface area contributed by atoms with Crippen LogP contribution >= 0.6 is 0 Å². The number of benzene rings is 1. The Bertz CT molecular complexity index is 984. The third-order valence-corrected chi connectivity index (χ3v) is 5.42. The van der Waals surface area contributed by atoms with Gasteiger partial charge in [-0.25, -0.2) is 0 Å². The average molecular weight is 427 g/mol. The van der Waals surface area contributed by atoms with Gasteiger partial charge in [-0.1, -0.05) is 26.8 Å². The summed E-state index contributed by atoms with van der Waals surface area (Å²) in [4.78, 5) is 27.3. The van der Waals surface area contributed by atoms with E-state index in [1.54, 1.807) is 31.4 Å². The zero-order valence-electron chi connectivity index (χ0n) is 18.6. The SMILES string of the molecule is COCCCN1C(=O)C(=O)/C(=C(/O)c2cc(C(C)(C)C)ccc2OC)C1c1ccco1. The van der Waals surface area contributed by atoms with Gasteiger partial charge in [0.15, 0.2) is 0 Å². The molecule has 1 fully saturated rings. The second-order valence-corrected chi connectivity index (χ2v) is 8.52. The lowest BCUT2D eigenvalue weighted by Gasteiger charge is -2.24. The van der Waals surface area contributed by atoms with Crippen molar-refractivity contribution < 1.29 is 28.6 Å². The molecule has 2 heterocycles. The zero-order chi connectivity index (χ0) is 22.8. The van der Waals surface area contributed by atoms with Gasteiger partial charge in [0.05, 0.1) is 24.5 Å². The number of aliphatic hydroxyl groups excluding tert-OH is 1. The fourth-order valence-corrected chi connectivity index (χ4v) is 3.74. The molecule has 1 aliphatic heterocycles. The highest BCUT2D eigenvalue weighted by atomic mass is 16.5. The Labute approximate surface area is 182 Å². The molecular formula is C24H29NO6. The van der Waals surface area contributed by atoms with E-state index in [0.29, 0.717) is 36.6 Å². The first kappa shape index (κ1) is 22.6. The van der Waals surface area contributed by atoms with Crippen LogP contribution in [0.25, 0.3) is 5.76 Å². The molecule has 0 aliphatic carbocycles. The molecule has 1 atom stereocenters. The fourth-order valence-electron chi connectivity index (χ4n) is 3.74. The normalized spacial score (nSPS) is 18.6. The van der Waals surface area contributed by atoms with Gasteiger partial charge in [-0.15, -0.1) is 0 Å². The van der Waals surface area contributed by atoms with Crippen LogP contribution < -0.4 is 4.74 Å². The Balaban J connectivity index is 2.18. The van der Waals surface area contributed by atoms with E-state index in [2.05, 4.69) is 20.8 Å². The maximum Gasteiger partial charge on any atom is 0.295 e. The largest absolute Gasteiger partial charge is 0.507 e. The number of hydrogen-bond donors (Lipinski definition) is 1. The van der Waals surface area contributed by atoms with E-state index in [9.17, 15) is 14.7 Å². The second-order valence-electron chi connectivity index (χ2n) is 8.52. The predicted octanol–water partition coefficient (Wildman–Crippen LogP) is 4.04. The van der Waals surface area contributed by atoms with Crippen molar-refractivity contribution in [3.63, 3.8) is 0 Å². The molecule has 1 aliphatic rings. The standard InChI is InChI=1S/C24H29NO6/c1-24(2,3)15-9-10-17(30-5)16(14-15)21(26)19-20(18-8-6-13-31-18)25(11-7-12-29-4)23(28)22(19)27/h6,8-10,13-14,20,26H,7,11-12H2,1-5H3/b21-19+. The third-order valence-electron chi connectivity index (χ3n) is 5.42. The van der Waals surface area contributed by atoms with E-state index in [0.717, 1.165) is 5.56 Å². The molecule has 1 amide bonds. The van der Waals surface area contributed by atoms with Crippen LogP contribution in [-0.4, -0.2) is 49.1 Å². The smallest absolute Gasteiger partial charge is 0.295 e. The van der Waals surface area contributed by atoms with Gasteiger partial charge in [-0.2, -0.15) is 0 Å². The van der Waals surface area contributed by atoms with Gasteiger partial charge in [0.25, 0.3) is 11.7 Å². The lowest BCUT2D eigenvalue weighted by molar-refractivity contribution is -0.140. The summed E-state index contributed by atoms with van der Waals surface area (Å²) in [7, 11) is 3.07. The van der Waals surface area contributed by atoms with Crippen LogP contribution in [0.15, 0.2) is 46.6 Å². The molecule has 0 spiro atoms. The van der Waals surface area contributed by atoms with Crippen LogP contribution in [0.3, 0.4) is 0 Å². The molecule has 0 bridgehead atoms. The van der Waals surface area contributed by atoms with E-state index >= 15 is 0 Å². The minimum Gasteiger partial charge on any atom is -0.507 e. The van der Waals surface area contributed by atoms with Gasteiger partial charge in [0, 0.05) is 20.3 Å². The van der Waals surface area contributed by atoms with Crippen LogP contribution in [-0.2, 0) is 19.7 Å². The molecule has 1 N–H and O–H groups in total. The zero-order valence-corrected chi connectivity index (χ0v) is 18.6. The Morgan fingerprint density at radius 1 is 1.19 bits per heavy atom. The second kappa shape index (κ2) is 8.98. The quantitative estimate of drug-likeness (QED) is 0.310. The number of rotatable bonds is 7. The molecule has 1 saturated heterocycles.